The maximum Gasteiger partial charge on any atom is 0.216 e. The Labute approximate surface area is 108 Å². The first-order valence-corrected chi connectivity index (χ1v) is 5.74. The van der Waals surface area contributed by atoms with Crippen molar-refractivity contribution in [1.82, 2.24) is 9.78 Å². The van der Waals surface area contributed by atoms with Gasteiger partial charge < -0.3 is 4.42 Å². The van der Waals surface area contributed by atoms with E-state index in [9.17, 15) is 4.79 Å². The van der Waals surface area contributed by atoms with Gasteiger partial charge in [-0.3, -0.25) is 9.48 Å². The zero-order valence-electron chi connectivity index (χ0n) is 9.55. The number of benzene rings is 1. The van der Waals surface area contributed by atoms with Gasteiger partial charge in [0.25, 0.3) is 0 Å². The lowest BCUT2D eigenvalue weighted by atomic mass is 10.1. The summed E-state index contributed by atoms with van der Waals surface area (Å²) in [5.41, 5.74) is 1.54. The van der Waals surface area contributed by atoms with E-state index in [1.54, 1.807) is 7.05 Å². The van der Waals surface area contributed by atoms with Crippen LogP contribution in [0.1, 0.15) is 16.1 Å². The Kier molecular flexibility index (Phi) is 2.45. The van der Waals surface area contributed by atoms with Crippen LogP contribution < -0.4 is 0 Å². The number of nitrogens with zero attached hydrogens (tertiary/aromatic N) is 2. The van der Waals surface area contributed by atoms with Crippen molar-refractivity contribution in [3.63, 3.8) is 0 Å². The average molecular weight is 261 g/mol. The molecule has 0 saturated carbocycles. The predicted molar refractivity (Wildman–Crippen MR) is 67.9 cm³/mol. The van der Waals surface area contributed by atoms with Crippen molar-refractivity contribution in [2.24, 2.45) is 7.05 Å². The van der Waals surface area contributed by atoms with Crippen LogP contribution in [0.15, 0.2) is 41.1 Å². The molecule has 4 nitrogen and oxygen atoms in total. The molecule has 2 aromatic heterocycles. The summed E-state index contributed by atoms with van der Waals surface area (Å²) in [4.78, 5) is 12.4. The monoisotopic (exact) mass is 260 g/mol. The SMILES string of the molecule is Cn1ncc(Cl)c1C(=O)c1coc2ccccc12. The number of halogens is 1. The Hall–Kier alpha value is -2.07. The highest BCUT2D eigenvalue weighted by Gasteiger charge is 2.21. The van der Waals surface area contributed by atoms with E-state index in [0.717, 1.165) is 5.39 Å². The van der Waals surface area contributed by atoms with Crippen LogP contribution in [0, 0.1) is 0 Å². The molecular formula is C13H9ClN2O2. The van der Waals surface area contributed by atoms with Gasteiger partial charge in [0.15, 0.2) is 0 Å². The predicted octanol–water partition coefficient (Wildman–Crippen LogP) is 3.05. The summed E-state index contributed by atoms with van der Waals surface area (Å²) >= 11 is 5.97. The van der Waals surface area contributed by atoms with Crippen LogP contribution in [0.3, 0.4) is 0 Å². The minimum absolute atomic E-state index is 0.190. The molecule has 2 heterocycles. The highest BCUT2D eigenvalue weighted by Crippen LogP contribution is 2.25. The first-order valence-electron chi connectivity index (χ1n) is 5.37. The van der Waals surface area contributed by atoms with Crippen LogP contribution in [0.4, 0.5) is 0 Å². The standard InChI is InChI=1S/C13H9ClN2O2/c1-16-12(10(14)6-15-16)13(17)9-7-18-11-5-3-2-4-8(9)11/h2-7H,1H3. The Morgan fingerprint density at radius 2 is 2.17 bits per heavy atom. The summed E-state index contributed by atoms with van der Waals surface area (Å²) < 4.78 is 6.82. The normalized spacial score (nSPS) is 11.0. The molecule has 0 radical (unpaired) electrons. The molecule has 0 amide bonds. The number of hydrogen-bond donors (Lipinski definition) is 0. The Balaban J connectivity index is 2.19. The minimum atomic E-state index is -0.190. The summed E-state index contributed by atoms with van der Waals surface area (Å²) in [7, 11) is 1.68. The molecule has 1 aromatic carbocycles. The maximum absolute atomic E-state index is 12.4. The van der Waals surface area contributed by atoms with Crippen LogP contribution in [-0.2, 0) is 7.05 Å². The average Bonchev–Trinajstić information content (AvgIpc) is 2.93. The third-order valence-corrected chi connectivity index (χ3v) is 3.11. The Morgan fingerprint density at radius 1 is 1.39 bits per heavy atom. The fraction of sp³-hybridized carbons (Fsp3) is 0.0769. The molecule has 0 fully saturated rings. The molecule has 0 saturated heterocycles. The molecule has 5 heteroatoms. The third kappa shape index (κ3) is 1.54. The van der Waals surface area contributed by atoms with E-state index in [-0.39, 0.29) is 5.78 Å². The van der Waals surface area contributed by atoms with Crippen LogP contribution in [0.5, 0.6) is 0 Å². The van der Waals surface area contributed by atoms with Crippen molar-refractivity contribution >= 4 is 28.4 Å². The molecule has 0 bridgehead atoms. The first-order chi connectivity index (χ1) is 8.68. The van der Waals surface area contributed by atoms with E-state index in [2.05, 4.69) is 5.10 Å². The van der Waals surface area contributed by atoms with E-state index >= 15 is 0 Å². The van der Waals surface area contributed by atoms with Gasteiger partial charge in [0.05, 0.1) is 16.8 Å². The number of rotatable bonds is 2. The molecule has 3 aromatic rings. The van der Waals surface area contributed by atoms with E-state index in [0.29, 0.717) is 21.9 Å². The topological polar surface area (TPSA) is 48.0 Å². The van der Waals surface area contributed by atoms with Gasteiger partial charge in [-0.1, -0.05) is 29.8 Å². The lowest BCUT2D eigenvalue weighted by Crippen LogP contribution is -2.08. The number of carbonyl (C=O) groups excluding carboxylic acids is 1. The largest absolute Gasteiger partial charge is 0.464 e. The van der Waals surface area contributed by atoms with Gasteiger partial charge in [-0.15, -0.1) is 0 Å². The molecule has 0 aliphatic carbocycles. The van der Waals surface area contributed by atoms with Gasteiger partial charge in [-0.05, 0) is 6.07 Å². The van der Waals surface area contributed by atoms with Gasteiger partial charge in [0, 0.05) is 12.4 Å². The lowest BCUT2D eigenvalue weighted by Gasteiger charge is -2.00. The van der Waals surface area contributed by atoms with Crippen LogP contribution >= 0.6 is 11.6 Å². The van der Waals surface area contributed by atoms with Crippen molar-refractivity contribution in [2.45, 2.75) is 0 Å². The first kappa shape index (κ1) is 11.0. The van der Waals surface area contributed by atoms with Crippen molar-refractivity contribution in [3.8, 4) is 0 Å². The van der Waals surface area contributed by atoms with Crippen molar-refractivity contribution in [2.75, 3.05) is 0 Å². The lowest BCUT2D eigenvalue weighted by molar-refractivity contribution is 0.103. The van der Waals surface area contributed by atoms with Crippen LogP contribution in [-0.4, -0.2) is 15.6 Å². The van der Waals surface area contributed by atoms with Crippen molar-refractivity contribution in [3.05, 3.63) is 53.0 Å². The summed E-state index contributed by atoms with van der Waals surface area (Å²) in [5, 5.41) is 5.08. The van der Waals surface area contributed by atoms with Gasteiger partial charge in [-0.25, -0.2) is 0 Å². The highest BCUT2D eigenvalue weighted by atomic mass is 35.5. The number of para-hydroxylation sites is 1. The number of aryl methyl sites for hydroxylation is 1. The van der Waals surface area contributed by atoms with E-state index < -0.39 is 0 Å². The number of furan rings is 1. The number of ketones is 1. The molecule has 0 spiro atoms. The van der Waals surface area contributed by atoms with E-state index in [1.165, 1.54) is 17.1 Å². The quantitative estimate of drug-likeness (QED) is 0.666. The summed E-state index contributed by atoms with van der Waals surface area (Å²) in [6, 6.07) is 7.38. The van der Waals surface area contributed by atoms with Crippen LogP contribution in [0.25, 0.3) is 11.0 Å². The third-order valence-electron chi connectivity index (χ3n) is 2.83. The molecule has 90 valence electrons. The minimum Gasteiger partial charge on any atom is -0.464 e. The van der Waals surface area contributed by atoms with Gasteiger partial charge in [0.2, 0.25) is 5.78 Å². The Bertz CT molecular complexity index is 723. The maximum atomic E-state index is 12.4. The fourth-order valence-corrected chi connectivity index (χ4v) is 2.20. The molecule has 0 unspecified atom stereocenters. The zero-order valence-corrected chi connectivity index (χ0v) is 10.3. The molecule has 0 N–H and O–H groups in total. The summed E-state index contributed by atoms with van der Waals surface area (Å²) in [6.07, 6.45) is 2.91. The molecule has 0 aliphatic heterocycles. The van der Waals surface area contributed by atoms with Crippen molar-refractivity contribution < 1.29 is 9.21 Å². The number of carbonyl (C=O) groups is 1. The fourth-order valence-electron chi connectivity index (χ4n) is 1.95. The second-order valence-corrected chi connectivity index (χ2v) is 4.35. The van der Waals surface area contributed by atoms with Gasteiger partial charge >= 0.3 is 0 Å². The Morgan fingerprint density at radius 3 is 2.89 bits per heavy atom. The highest BCUT2D eigenvalue weighted by molar-refractivity contribution is 6.35. The molecule has 18 heavy (non-hydrogen) atoms. The van der Waals surface area contributed by atoms with Gasteiger partial charge in [-0.2, -0.15) is 5.10 Å². The smallest absolute Gasteiger partial charge is 0.216 e. The second-order valence-electron chi connectivity index (χ2n) is 3.94. The summed E-state index contributed by atoms with van der Waals surface area (Å²) in [6.45, 7) is 0. The van der Waals surface area contributed by atoms with Crippen molar-refractivity contribution in [1.29, 1.82) is 0 Å². The zero-order chi connectivity index (χ0) is 12.7. The number of hydrogen-bond acceptors (Lipinski definition) is 3. The number of fused-ring (bicyclic) bond motifs is 1. The molecule has 0 aliphatic rings. The summed E-state index contributed by atoms with van der Waals surface area (Å²) in [5.74, 6) is -0.190. The molecular weight excluding hydrogens is 252 g/mol. The van der Waals surface area contributed by atoms with E-state index in [4.69, 9.17) is 16.0 Å². The van der Waals surface area contributed by atoms with Crippen LogP contribution in [0.2, 0.25) is 5.02 Å². The van der Waals surface area contributed by atoms with Gasteiger partial charge in [0.1, 0.15) is 17.5 Å². The molecule has 3 rings (SSSR count). The van der Waals surface area contributed by atoms with E-state index in [1.807, 2.05) is 24.3 Å². The molecule has 0 atom stereocenters. The number of aromatic nitrogens is 2. The second kappa shape index (κ2) is 3.99.